The molecule has 6 aromatic rings. The average Bonchev–Trinajstić information content (AvgIpc) is 4.13. The van der Waals surface area contributed by atoms with Gasteiger partial charge in [-0.05, 0) is 111 Å². The minimum Gasteiger partial charge on any atom is -1.00 e. The monoisotopic (exact) mass is 1070 g/mol. The maximum atomic E-state index is 9.43. The van der Waals surface area contributed by atoms with Crippen molar-refractivity contribution >= 4 is 15.9 Å². The van der Waals surface area contributed by atoms with Gasteiger partial charge in [-0.15, -0.1) is 19.6 Å². The third kappa shape index (κ3) is 16.1. The number of nitrogens with zero attached hydrogens (tertiary/aromatic N) is 15. The number of nitrogens with two attached hydrogens (primary N) is 2. The van der Waals surface area contributed by atoms with E-state index < -0.39 is 32.9 Å². The van der Waals surface area contributed by atoms with Crippen molar-refractivity contribution in [3.05, 3.63) is 177 Å². The first-order valence-corrected chi connectivity index (χ1v) is 22.8. The molecule has 0 radical (unpaired) electrons. The second-order valence-electron chi connectivity index (χ2n) is 19.5. The summed E-state index contributed by atoms with van der Waals surface area (Å²) in [6.45, 7) is 45.9. The van der Waals surface area contributed by atoms with Crippen molar-refractivity contribution in [2.24, 2.45) is 0 Å². The summed E-state index contributed by atoms with van der Waals surface area (Å²) in [4.78, 5) is 15.0. The molecule has 0 aliphatic carbocycles. The van der Waals surface area contributed by atoms with Crippen LogP contribution in [0.3, 0.4) is 0 Å². The number of alkyl halides is 1. The van der Waals surface area contributed by atoms with Gasteiger partial charge in [0, 0.05) is 68.7 Å². The number of hydrogen-bond donors (Lipinski definition) is 2. The fourth-order valence-electron chi connectivity index (χ4n) is 6.18. The van der Waals surface area contributed by atoms with Gasteiger partial charge in [0.15, 0.2) is 0 Å². The topological polar surface area (TPSA) is 220 Å². The van der Waals surface area contributed by atoms with Crippen molar-refractivity contribution in [3.8, 4) is 18.2 Å². The molecule has 19 heteroatoms. The molecule has 3 heterocycles. The first-order valence-electron chi connectivity index (χ1n) is 21.6. The minimum atomic E-state index is -0.645. The van der Waals surface area contributed by atoms with Crippen molar-refractivity contribution in [2.75, 3.05) is 11.7 Å². The van der Waals surface area contributed by atoms with E-state index in [0.717, 1.165) is 55.4 Å². The van der Waals surface area contributed by atoms with Gasteiger partial charge in [-0.25, -0.2) is 34.1 Å². The summed E-state index contributed by atoms with van der Waals surface area (Å²) in [7, 11) is 0. The molecule has 0 atom stereocenters. The maximum absolute atomic E-state index is 9.43. The van der Waals surface area contributed by atoms with Crippen LogP contribution < -0.4 is 33.3 Å². The molecule has 6 rings (SSSR count). The Hall–Kier alpha value is -7.42. The molecule has 4 N–H and O–H groups in total. The van der Waals surface area contributed by atoms with Crippen molar-refractivity contribution in [2.45, 2.75) is 134 Å². The quantitative estimate of drug-likeness (QED) is 0.0698. The zero-order valence-corrected chi connectivity index (χ0v) is 45.1. The van der Waals surface area contributed by atoms with Gasteiger partial charge < -0.3 is 37.4 Å². The molecule has 3 aromatic carbocycles. The summed E-state index contributed by atoms with van der Waals surface area (Å²) < 4.78 is 6.10. The molecule has 0 amide bonds. The van der Waals surface area contributed by atoms with Crippen molar-refractivity contribution in [1.82, 2.24) is 39.4 Å². The summed E-state index contributed by atoms with van der Waals surface area (Å²) >= 11 is 3.44. The third-order valence-corrected chi connectivity index (χ3v) is 11.9. The second-order valence-corrected chi connectivity index (χ2v) is 20.1. The summed E-state index contributed by atoms with van der Waals surface area (Å²) in [5.74, 6) is 10.7. The summed E-state index contributed by atoms with van der Waals surface area (Å²) in [6, 6.07) is 24.9. The molecule has 0 aliphatic rings. The molecule has 0 unspecified atom stereocenters. The van der Waals surface area contributed by atoms with Crippen LogP contribution in [0.15, 0.2) is 92.6 Å². The number of benzene rings is 3. The van der Waals surface area contributed by atoms with Crippen molar-refractivity contribution < 1.29 is 21.7 Å². The Morgan fingerprint density at radius 3 is 1.21 bits per heavy atom. The zero-order valence-electron chi connectivity index (χ0n) is 41.9. The summed E-state index contributed by atoms with van der Waals surface area (Å²) in [5.41, 5.74) is 5.07. The summed E-state index contributed by atoms with van der Waals surface area (Å²) in [6.07, 6.45) is 9.18. The Morgan fingerprint density at radius 2 is 0.929 bits per heavy atom. The number of halogens is 2. The first-order chi connectivity index (χ1) is 32.1. The molecule has 364 valence electrons. The van der Waals surface area contributed by atoms with Crippen LogP contribution >= 0.6 is 15.9 Å². The van der Waals surface area contributed by atoms with E-state index in [-0.39, 0.29) is 17.0 Å². The highest BCUT2D eigenvalue weighted by Crippen LogP contribution is 2.34. The van der Waals surface area contributed by atoms with Crippen LogP contribution in [0.1, 0.15) is 133 Å². The molecule has 0 bridgehead atoms. The average molecular weight is 1070 g/mol. The highest BCUT2D eigenvalue weighted by Gasteiger charge is 2.32. The fraction of sp³-hybridized carbons (Fsp3) is 0.412. The molecule has 0 aliphatic heterocycles. The lowest BCUT2D eigenvalue weighted by molar-refractivity contribution is -0.639. The Bertz CT molecular complexity index is 2800. The summed E-state index contributed by atoms with van der Waals surface area (Å²) in [5, 5.41) is 43.9. The molecule has 17 nitrogen and oxygen atoms in total. The highest BCUT2D eigenvalue weighted by atomic mass is 79.9. The lowest BCUT2D eigenvalue weighted by Gasteiger charge is -2.21. The lowest BCUT2D eigenvalue weighted by atomic mass is 9.81. The predicted molar refractivity (Wildman–Crippen MR) is 268 cm³/mol. The van der Waals surface area contributed by atoms with Gasteiger partial charge >= 0.3 is 0 Å². The normalized spacial score (nSPS) is 11.3. The Morgan fingerprint density at radius 1 is 0.571 bits per heavy atom. The van der Waals surface area contributed by atoms with E-state index in [4.69, 9.17) is 31.4 Å². The van der Waals surface area contributed by atoms with Gasteiger partial charge in [0.1, 0.15) is 31.9 Å². The van der Waals surface area contributed by atoms with Crippen LogP contribution in [0, 0.1) is 53.7 Å². The third-order valence-electron chi connectivity index (χ3n) is 11.3. The van der Waals surface area contributed by atoms with Crippen LogP contribution in [0.4, 0.5) is 0 Å². The van der Waals surface area contributed by atoms with Crippen LogP contribution in [0.25, 0.3) is 14.5 Å². The maximum Gasteiger partial charge on any atom is 0.286 e. The van der Waals surface area contributed by atoms with E-state index in [9.17, 15) is 15.8 Å². The SMILES string of the molecule is Nn1cnnc1.[Br-].[C-]#[N+]C(C)(C)c1cc(CBr)cc(C(C)(C)C#N)c1.[C-]#[N+]C(C)(C)c1cc(Cn2c[n+](N)cn2)cc(C(C)(C)C#N)c1.[C-]#[N+]C(C)(C)c1cc(Cn2cncn2)cc(C(C)(C)C#N)c1. The number of rotatable bonds is 11. The number of aromatic nitrogens is 9. The fourth-order valence-corrected chi connectivity index (χ4v) is 6.51. The van der Waals surface area contributed by atoms with Gasteiger partial charge in [-0.3, -0.25) is 5.84 Å². The van der Waals surface area contributed by atoms with Gasteiger partial charge in [0.05, 0.1) is 41.0 Å². The Balaban J connectivity index is 0.000000338. The van der Waals surface area contributed by atoms with Crippen LogP contribution in [0.2, 0.25) is 0 Å². The van der Waals surface area contributed by atoms with E-state index in [2.05, 4.69) is 74.1 Å². The van der Waals surface area contributed by atoms with Crippen molar-refractivity contribution in [3.63, 3.8) is 0 Å². The first kappa shape index (κ1) is 58.7. The number of hydrogen-bond acceptors (Lipinski definition) is 10. The van der Waals surface area contributed by atoms with Crippen LogP contribution in [0.5, 0.6) is 0 Å². The lowest BCUT2D eigenvalue weighted by Crippen LogP contribution is -3.00. The van der Waals surface area contributed by atoms with E-state index in [1.807, 2.05) is 138 Å². The van der Waals surface area contributed by atoms with Gasteiger partial charge in [-0.2, -0.15) is 20.9 Å². The minimum absolute atomic E-state index is 0. The van der Waals surface area contributed by atoms with Crippen molar-refractivity contribution in [1.29, 1.82) is 15.8 Å². The smallest absolute Gasteiger partial charge is 0.286 e. The molecule has 0 saturated heterocycles. The largest absolute Gasteiger partial charge is 1.00 e. The number of nitriles is 3. The van der Waals surface area contributed by atoms with Gasteiger partial charge in [-0.1, -0.05) is 34.1 Å². The molecular weight excluding hydrogens is 1010 g/mol. The molecular formula is C51H61Br2N17. The van der Waals surface area contributed by atoms with Gasteiger partial charge in [0.25, 0.3) is 22.9 Å². The van der Waals surface area contributed by atoms with Crippen LogP contribution in [-0.2, 0) is 51.3 Å². The standard InChI is InChI=1S/C17H21N6.C17H19N5.C15H17BrN2.C2H4N4.BrH/c1-16(2,10-18)14-6-13(9-23-12-22(19)11-21-23)7-15(8-14)17(3,4)20-5;1-16(2,10-18)14-6-13(9-22-12-20-11-21-22)7-15(8-14)17(3,4)19-5;1-14(2,10-17)12-6-11(9-16)7-13(8-12)15(3,4)18-5;3-6-1-4-5-2-6;/h6-8,11-12H,9,19H2,1-4H3;6-8,11-12H,9H2,1-4H3;6-8H,9H2,1-4H3;1-2H,3H2;1H/q+1;;;;/p-1. The van der Waals surface area contributed by atoms with E-state index in [1.54, 1.807) is 22.0 Å². The van der Waals surface area contributed by atoms with E-state index >= 15 is 0 Å². The zero-order chi connectivity index (χ0) is 52.0. The van der Waals surface area contributed by atoms with E-state index in [1.165, 1.54) is 34.7 Å². The molecule has 0 saturated carbocycles. The number of nitrogen functional groups attached to an aromatic ring is 2. The predicted octanol–water partition coefficient (Wildman–Crippen LogP) is 5.70. The molecule has 3 aromatic heterocycles. The highest BCUT2D eigenvalue weighted by molar-refractivity contribution is 9.08. The van der Waals surface area contributed by atoms with Gasteiger partial charge in [0.2, 0.25) is 6.33 Å². The molecule has 70 heavy (non-hydrogen) atoms. The van der Waals surface area contributed by atoms with Crippen LogP contribution in [-0.4, -0.2) is 39.4 Å². The molecule has 0 fully saturated rings. The second kappa shape index (κ2) is 24.2. The Kier molecular flexibility index (Phi) is 20.3. The van der Waals surface area contributed by atoms with E-state index in [0.29, 0.717) is 13.1 Å². The Labute approximate surface area is 431 Å². The molecule has 0 spiro atoms.